The number of benzene rings is 1. The van der Waals surface area contributed by atoms with Gasteiger partial charge in [-0.05, 0) is 74.4 Å². The molecule has 7 rings (SSSR count). The van der Waals surface area contributed by atoms with Gasteiger partial charge < -0.3 is 20.5 Å². The molecule has 42 heavy (non-hydrogen) atoms. The van der Waals surface area contributed by atoms with Crippen molar-refractivity contribution >= 4 is 23.1 Å². The molecule has 2 saturated heterocycles. The molecule has 0 spiro atoms. The van der Waals surface area contributed by atoms with Crippen LogP contribution in [0.25, 0.3) is 16.8 Å². The Hall–Kier alpha value is -3.93. The number of nitrogens with zero attached hydrogens (tertiary/aromatic N) is 5. The summed E-state index contributed by atoms with van der Waals surface area (Å²) in [5, 5.41) is 2.79. The Morgan fingerprint density at radius 2 is 1.93 bits per heavy atom. The van der Waals surface area contributed by atoms with Gasteiger partial charge in [0, 0.05) is 61.6 Å². The Bertz CT molecular complexity index is 1630. The molecule has 5 heterocycles. The summed E-state index contributed by atoms with van der Waals surface area (Å²) in [5.41, 5.74) is 8.76. The first-order valence-electron chi connectivity index (χ1n) is 14.6. The Morgan fingerprint density at radius 1 is 1.10 bits per heavy atom. The number of pyridine rings is 1. The molecule has 3 aliphatic rings. The minimum atomic E-state index is -0.584. The smallest absolute Gasteiger partial charge is 0.256 e. The van der Waals surface area contributed by atoms with Crippen LogP contribution in [-0.4, -0.2) is 68.6 Å². The number of morpholine rings is 1. The quantitative estimate of drug-likeness (QED) is 0.345. The number of fused-ring (bicyclic) bond motifs is 1. The number of ether oxygens (including phenoxy) is 2. The van der Waals surface area contributed by atoms with Gasteiger partial charge in [0.2, 0.25) is 0 Å². The largest absolute Gasteiger partial charge is 0.382 e. The molecule has 1 amide bonds. The first-order valence-corrected chi connectivity index (χ1v) is 14.6. The van der Waals surface area contributed by atoms with Gasteiger partial charge >= 0.3 is 0 Å². The van der Waals surface area contributed by atoms with Gasteiger partial charge in [-0.15, -0.1) is 0 Å². The molecule has 1 aliphatic carbocycles. The second-order valence-electron chi connectivity index (χ2n) is 11.5. The van der Waals surface area contributed by atoms with E-state index in [1.165, 1.54) is 6.07 Å². The Kier molecular flexibility index (Phi) is 7.09. The van der Waals surface area contributed by atoms with Crippen LogP contribution in [0.4, 0.5) is 16.0 Å². The third-order valence-electron chi connectivity index (χ3n) is 8.60. The van der Waals surface area contributed by atoms with Gasteiger partial charge in [-0.1, -0.05) is 0 Å². The topological polar surface area (TPSA) is 120 Å². The third-order valence-corrected chi connectivity index (χ3v) is 8.60. The maximum Gasteiger partial charge on any atom is 0.256 e. The minimum absolute atomic E-state index is 0.182. The average molecular weight is 572 g/mol. The summed E-state index contributed by atoms with van der Waals surface area (Å²) >= 11 is 0. The van der Waals surface area contributed by atoms with Crippen molar-refractivity contribution in [2.45, 2.75) is 56.7 Å². The van der Waals surface area contributed by atoms with Crippen molar-refractivity contribution in [2.24, 2.45) is 0 Å². The maximum atomic E-state index is 15.7. The van der Waals surface area contributed by atoms with Crippen LogP contribution in [0.5, 0.6) is 0 Å². The van der Waals surface area contributed by atoms with Crippen LogP contribution in [0, 0.1) is 5.82 Å². The van der Waals surface area contributed by atoms with Gasteiger partial charge in [-0.25, -0.2) is 19.3 Å². The monoisotopic (exact) mass is 571 g/mol. The van der Waals surface area contributed by atoms with E-state index in [9.17, 15) is 4.79 Å². The van der Waals surface area contributed by atoms with Crippen LogP contribution in [0.1, 0.15) is 66.4 Å². The summed E-state index contributed by atoms with van der Waals surface area (Å²) in [6.07, 6.45) is 8.99. The second kappa shape index (κ2) is 11.0. The van der Waals surface area contributed by atoms with Crippen molar-refractivity contribution in [3.8, 4) is 11.3 Å². The third kappa shape index (κ3) is 5.12. The van der Waals surface area contributed by atoms with Crippen molar-refractivity contribution in [2.75, 3.05) is 37.4 Å². The number of nitrogen functional groups attached to an aromatic ring is 1. The highest BCUT2D eigenvalue weighted by molar-refractivity contribution is 6.04. The first-order chi connectivity index (χ1) is 20.5. The molecule has 3 aromatic heterocycles. The zero-order chi connectivity index (χ0) is 28.8. The number of halogens is 1. The lowest BCUT2D eigenvalue weighted by Gasteiger charge is -2.43. The maximum absolute atomic E-state index is 15.7. The summed E-state index contributed by atoms with van der Waals surface area (Å²) in [5.74, 6) is 0.841. The van der Waals surface area contributed by atoms with E-state index in [1.807, 2.05) is 16.5 Å². The number of aromatic nitrogens is 4. The highest BCUT2D eigenvalue weighted by atomic mass is 19.1. The molecule has 0 radical (unpaired) electrons. The molecule has 3 N–H and O–H groups in total. The zero-order valence-corrected chi connectivity index (χ0v) is 23.5. The van der Waals surface area contributed by atoms with Gasteiger partial charge in [0.1, 0.15) is 40.6 Å². The number of carbonyl (C=O) groups excluding carboxylic acids is 1. The van der Waals surface area contributed by atoms with Crippen LogP contribution >= 0.6 is 0 Å². The van der Waals surface area contributed by atoms with Gasteiger partial charge in [-0.2, -0.15) is 0 Å². The molecular weight excluding hydrogens is 537 g/mol. The van der Waals surface area contributed by atoms with Gasteiger partial charge in [0.25, 0.3) is 5.91 Å². The molecule has 218 valence electrons. The lowest BCUT2D eigenvalue weighted by molar-refractivity contribution is -0.0942. The van der Waals surface area contributed by atoms with Gasteiger partial charge in [-0.3, -0.25) is 14.1 Å². The second-order valence-corrected chi connectivity index (χ2v) is 11.5. The summed E-state index contributed by atoms with van der Waals surface area (Å²) in [4.78, 5) is 28.9. The van der Waals surface area contributed by atoms with Crippen LogP contribution in [0.2, 0.25) is 0 Å². The predicted octanol–water partition coefficient (Wildman–Crippen LogP) is 4.58. The number of imidazole rings is 1. The van der Waals surface area contributed by atoms with Crippen molar-refractivity contribution in [1.29, 1.82) is 0 Å². The fraction of sp³-hybridized carbons (Fsp3) is 0.419. The van der Waals surface area contributed by atoms with Gasteiger partial charge in [0.15, 0.2) is 0 Å². The highest BCUT2D eigenvalue weighted by Gasteiger charge is 2.35. The molecule has 1 aromatic carbocycles. The zero-order valence-electron chi connectivity index (χ0n) is 23.5. The number of hydrogen-bond donors (Lipinski definition) is 2. The molecule has 3 fully saturated rings. The lowest BCUT2D eigenvalue weighted by Crippen LogP contribution is -2.52. The summed E-state index contributed by atoms with van der Waals surface area (Å²) < 4.78 is 29.4. The van der Waals surface area contributed by atoms with Crippen LogP contribution in [0.3, 0.4) is 0 Å². The van der Waals surface area contributed by atoms with Crippen molar-refractivity contribution < 1.29 is 18.7 Å². The molecule has 1 saturated carbocycles. The number of nitrogens with one attached hydrogen (secondary N) is 1. The van der Waals surface area contributed by atoms with E-state index in [0.717, 1.165) is 44.5 Å². The van der Waals surface area contributed by atoms with Crippen LogP contribution < -0.4 is 11.1 Å². The number of hydrogen-bond acceptors (Lipinski definition) is 8. The average Bonchev–Trinajstić information content (AvgIpc) is 3.79. The lowest BCUT2D eigenvalue weighted by atomic mass is 10.0. The van der Waals surface area contributed by atoms with Crippen LogP contribution in [-0.2, 0) is 9.47 Å². The Morgan fingerprint density at radius 3 is 2.71 bits per heavy atom. The SMILES string of the molecule is C[C@H]1CO[C@@H](c2nc(-c3ccc(C(=O)Nc4cc(C5CC5)ccn4)cc3F)c3c(N)nccn23)CN1C1CCOCC1. The number of carbonyl (C=O) groups is 1. The Labute approximate surface area is 243 Å². The van der Waals surface area contributed by atoms with Crippen molar-refractivity contribution in [3.63, 3.8) is 0 Å². The molecule has 4 aromatic rings. The number of amides is 1. The summed E-state index contributed by atoms with van der Waals surface area (Å²) in [6, 6.07) is 8.90. The van der Waals surface area contributed by atoms with Crippen molar-refractivity contribution in [1.82, 2.24) is 24.3 Å². The van der Waals surface area contributed by atoms with Crippen LogP contribution in [0.15, 0.2) is 48.9 Å². The van der Waals surface area contributed by atoms with E-state index in [4.69, 9.17) is 20.2 Å². The number of rotatable bonds is 6. The molecule has 2 aliphatic heterocycles. The highest BCUT2D eigenvalue weighted by Crippen LogP contribution is 2.40. The fourth-order valence-electron chi connectivity index (χ4n) is 6.18. The van der Waals surface area contributed by atoms with E-state index < -0.39 is 11.7 Å². The van der Waals surface area contributed by atoms with E-state index in [0.29, 0.717) is 48.0 Å². The van der Waals surface area contributed by atoms with E-state index in [-0.39, 0.29) is 29.1 Å². The summed E-state index contributed by atoms with van der Waals surface area (Å²) in [6.45, 7) is 4.91. The van der Waals surface area contributed by atoms with Gasteiger partial charge in [0.05, 0.1) is 6.61 Å². The molecule has 2 atom stereocenters. The molecule has 0 unspecified atom stereocenters. The standard InChI is InChI=1S/C31H34FN7O3/c1-18-17-42-25(16-39(18)22-7-12-41-13-8-22)30-37-27(28-29(33)35-10-11-38(28)30)23-5-4-21(14-24(23)32)31(40)36-26-15-20(6-9-34-26)19-2-3-19/h4-6,9-11,14-15,18-19,22,25H,2-3,7-8,12-13,16-17H2,1H3,(H2,33,35)(H,34,36,40)/t18-,25+/m0/s1. The fourth-order valence-corrected chi connectivity index (χ4v) is 6.18. The van der Waals surface area contributed by atoms with Crippen molar-refractivity contribution in [3.05, 3.63) is 71.7 Å². The molecular formula is C31H34FN7O3. The normalized spacial score (nSPS) is 22.0. The van der Waals surface area contributed by atoms with E-state index in [2.05, 4.69) is 27.1 Å². The first kappa shape index (κ1) is 26.9. The minimum Gasteiger partial charge on any atom is -0.382 e. The number of anilines is 2. The predicted molar refractivity (Wildman–Crippen MR) is 156 cm³/mol. The molecule has 10 nitrogen and oxygen atoms in total. The number of nitrogens with two attached hydrogens (primary N) is 1. The summed E-state index contributed by atoms with van der Waals surface area (Å²) in [7, 11) is 0. The van der Waals surface area contributed by atoms with E-state index in [1.54, 1.807) is 30.7 Å². The Balaban J connectivity index is 1.18. The molecule has 11 heteroatoms. The molecule has 0 bridgehead atoms. The van der Waals surface area contributed by atoms with E-state index >= 15 is 4.39 Å².